The maximum atomic E-state index is 13.3. The smallest absolute Gasteiger partial charge is 0.226 e. The third-order valence-electron chi connectivity index (χ3n) is 5.67. The molecule has 2 heterocycles. The van der Waals surface area contributed by atoms with Gasteiger partial charge in [-0.25, -0.2) is 4.39 Å². The van der Waals surface area contributed by atoms with Gasteiger partial charge in [-0.15, -0.1) is 0 Å². The molecule has 0 saturated carbocycles. The van der Waals surface area contributed by atoms with Gasteiger partial charge in [0, 0.05) is 30.6 Å². The molecule has 0 aliphatic carbocycles. The third-order valence-corrected chi connectivity index (χ3v) is 5.67. The molecule has 0 bridgehead atoms. The number of carbonyl (C=O) groups excluding carboxylic acids is 1. The number of halogens is 1. The van der Waals surface area contributed by atoms with E-state index in [9.17, 15) is 9.18 Å². The topological polar surface area (TPSA) is 55.6 Å². The fourth-order valence-electron chi connectivity index (χ4n) is 4.07. The normalized spacial score (nSPS) is 17.8. The highest BCUT2D eigenvalue weighted by atomic mass is 19.1. The summed E-state index contributed by atoms with van der Waals surface area (Å²) in [4.78, 5) is 14.5. The van der Waals surface area contributed by atoms with Gasteiger partial charge >= 0.3 is 0 Å². The van der Waals surface area contributed by atoms with Gasteiger partial charge in [0.1, 0.15) is 11.6 Å². The Bertz CT molecular complexity index is 829. The first-order valence-corrected chi connectivity index (χ1v) is 9.08. The van der Waals surface area contributed by atoms with Gasteiger partial charge in [-0.05, 0) is 42.2 Å². The molecule has 2 N–H and O–H groups in total. The summed E-state index contributed by atoms with van der Waals surface area (Å²) in [7, 11) is 0. The monoisotopic (exact) mass is 354 g/mol. The van der Waals surface area contributed by atoms with E-state index in [0.29, 0.717) is 26.2 Å². The van der Waals surface area contributed by atoms with Crippen molar-refractivity contribution in [3.63, 3.8) is 0 Å². The molecule has 2 aliphatic heterocycles. The van der Waals surface area contributed by atoms with Gasteiger partial charge in [0.15, 0.2) is 0 Å². The van der Waals surface area contributed by atoms with E-state index in [0.717, 1.165) is 29.7 Å². The third kappa shape index (κ3) is 3.07. The van der Waals surface area contributed by atoms with Crippen LogP contribution < -0.4 is 10.5 Å². The number of benzene rings is 2. The Labute approximate surface area is 152 Å². The van der Waals surface area contributed by atoms with Crippen molar-refractivity contribution in [3.05, 3.63) is 65.0 Å². The molecular weight excluding hydrogens is 331 g/mol. The van der Waals surface area contributed by atoms with Crippen LogP contribution in [0.1, 0.15) is 29.5 Å². The lowest BCUT2D eigenvalue weighted by molar-refractivity contribution is -0.132. The van der Waals surface area contributed by atoms with Crippen LogP contribution in [0, 0.1) is 5.82 Å². The minimum atomic E-state index is -0.302. The lowest BCUT2D eigenvalue weighted by atomic mass is 9.74. The number of hydrogen-bond donors (Lipinski definition) is 1. The number of amides is 1. The van der Waals surface area contributed by atoms with Crippen molar-refractivity contribution in [2.24, 2.45) is 5.73 Å². The summed E-state index contributed by atoms with van der Waals surface area (Å²) in [5.41, 5.74) is 8.83. The maximum Gasteiger partial charge on any atom is 0.226 e. The Morgan fingerprint density at radius 2 is 1.96 bits per heavy atom. The predicted molar refractivity (Wildman–Crippen MR) is 97.4 cm³/mol. The number of ether oxygens (including phenoxy) is 1. The second-order valence-corrected chi connectivity index (χ2v) is 7.29. The molecule has 136 valence electrons. The summed E-state index contributed by atoms with van der Waals surface area (Å²) in [6.45, 7) is 2.58. The zero-order valence-electron chi connectivity index (χ0n) is 14.7. The van der Waals surface area contributed by atoms with Gasteiger partial charge in [0.25, 0.3) is 0 Å². The van der Waals surface area contributed by atoms with E-state index < -0.39 is 0 Å². The molecule has 4 nitrogen and oxygen atoms in total. The first-order chi connectivity index (χ1) is 12.6. The Kier molecular flexibility index (Phi) is 4.41. The lowest BCUT2D eigenvalue weighted by Crippen LogP contribution is -2.46. The number of rotatable bonds is 3. The van der Waals surface area contributed by atoms with Gasteiger partial charge in [-0.3, -0.25) is 4.79 Å². The molecule has 0 atom stereocenters. The first kappa shape index (κ1) is 17.0. The Hall–Kier alpha value is -2.40. The summed E-state index contributed by atoms with van der Waals surface area (Å²) in [6, 6.07) is 12.4. The molecule has 0 unspecified atom stereocenters. The zero-order chi connectivity index (χ0) is 18.1. The van der Waals surface area contributed by atoms with E-state index in [1.165, 1.54) is 17.7 Å². The van der Waals surface area contributed by atoms with Gasteiger partial charge in [0.2, 0.25) is 5.91 Å². The molecular formula is C21H23FN2O2. The lowest BCUT2D eigenvalue weighted by Gasteiger charge is -2.38. The number of carbonyl (C=O) groups is 1. The average Bonchev–Trinajstić information content (AvgIpc) is 3.00. The van der Waals surface area contributed by atoms with Crippen LogP contribution in [0.3, 0.4) is 0 Å². The van der Waals surface area contributed by atoms with E-state index >= 15 is 0 Å². The Morgan fingerprint density at radius 1 is 1.15 bits per heavy atom. The van der Waals surface area contributed by atoms with Crippen molar-refractivity contribution in [2.45, 2.75) is 31.2 Å². The Morgan fingerprint density at radius 3 is 2.69 bits per heavy atom. The minimum absolute atomic E-state index is 0.0177. The van der Waals surface area contributed by atoms with E-state index in [1.54, 1.807) is 12.1 Å². The molecule has 1 fully saturated rings. The first-order valence-electron chi connectivity index (χ1n) is 9.08. The van der Waals surface area contributed by atoms with Crippen molar-refractivity contribution >= 4 is 5.91 Å². The fraction of sp³-hybridized carbons (Fsp3) is 0.381. The summed E-state index contributed by atoms with van der Waals surface area (Å²) < 4.78 is 19.2. The van der Waals surface area contributed by atoms with Gasteiger partial charge in [-0.2, -0.15) is 0 Å². The summed E-state index contributed by atoms with van der Waals surface area (Å²) in [5.74, 6) is 0.699. The highest BCUT2D eigenvalue weighted by molar-refractivity contribution is 5.79. The Balaban J connectivity index is 1.44. The van der Waals surface area contributed by atoms with E-state index in [-0.39, 0.29) is 23.6 Å². The largest absolute Gasteiger partial charge is 0.492 e. The van der Waals surface area contributed by atoms with Crippen LogP contribution in [0.5, 0.6) is 5.75 Å². The van der Waals surface area contributed by atoms with Gasteiger partial charge in [-0.1, -0.05) is 24.3 Å². The number of hydrogen-bond acceptors (Lipinski definition) is 3. The quantitative estimate of drug-likeness (QED) is 0.922. The van der Waals surface area contributed by atoms with Crippen molar-refractivity contribution in [3.8, 4) is 5.75 Å². The standard InChI is InChI=1S/C21H23FN2O2/c22-17-3-1-2-15(10-17)12-20(25)24-8-6-21(7-9-24)14-26-19-5-4-16(13-23)11-18(19)21/h1-5,10-11H,6-9,12-14,23H2. The number of nitrogens with two attached hydrogens (primary N) is 1. The molecule has 1 spiro atoms. The van der Waals surface area contributed by atoms with Crippen LogP contribution in [0.15, 0.2) is 42.5 Å². The molecule has 0 radical (unpaired) electrons. The molecule has 1 amide bonds. The van der Waals surface area contributed by atoms with Crippen LogP contribution >= 0.6 is 0 Å². The number of likely N-dealkylation sites (tertiary alicyclic amines) is 1. The SMILES string of the molecule is NCc1ccc2c(c1)C1(CCN(C(=O)Cc3cccc(F)c3)CC1)CO2. The number of nitrogens with zero attached hydrogens (tertiary/aromatic N) is 1. The van der Waals surface area contributed by atoms with Crippen LogP contribution in [0.25, 0.3) is 0 Å². The maximum absolute atomic E-state index is 13.3. The second-order valence-electron chi connectivity index (χ2n) is 7.29. The molecule has 0 aromatic heterocycles. The van der Waals surface area contributed by atoms with Crippen molar-refractivity contribution in [2.75, 3.05) is 19.7 Å². The molecule has 2 aromatic carbocycles. The average molecular weight is 354 g/mol. The van der Waals surface area contributed by atoms with E-state index in [1.807, 2.05) is 17.0 Å². The van der Waals surface area contributed by atoms with Gasteiger partial charge in [0.05, 0.1) is 13.0 Å². The molecule has 5 heteroatoms. The fourth-order valence-corrected chi connectivity index (χ4v) is 4.07. The van der Waals surface area contributed by atoms with Crippen LogP contribution in [0.2, 0.25) is 0 Å². The molecule has 1 saturated heterocycles. The van der Waals surface area contributed by atoms with Crippen molar-refractivity contribution in [1.82, 2.24) is 4.90 Å². The van der Waals surface area contributed by atoms with Crippen molar-refractivity contribution < 1.29 is 13.9 Å². The van der Waals surface area contributed by atoms with Crippen molar-refractivity contribution in [1.29, 1.82) is 0 Å². The summed E-state index contributed by atoms with van der Waals surface area (Å²) >= 11 is 0. The molecule has 26 heavy (non-hydrogen) atoms. The van der Waals surface area contributed by atoms with Crippen LogP contribution in [0.4, 0.5) is 4.39 Å². The zero-order valence-corrected chi connectivity index (χ0v) is 14.7. The molecule has 2 aliphatic rings. The highest BCUT2D eigenvalue weighted by Crippen LogP contribution is 2.45. The van der Waals surface area contributed by atoms with E-state index in [4.69, 9.17) is 10.5 Å². The molecule has 4 rings (SSSR count). The van der Waals surface area contributed by atoms with E-state index in [2.05, 4.69) is 6.07 Å². The second kappa shape index (κ2) is 6.72. The van der Waals surface area contributed by atoms with Gasteiger partial charge < -0.3 is 15.4 Å². The number of piperidine rings is 1. The minimum Gasteiger partial charge on any atom is -0.492 e. The highest BCUT2D eigenvalue weighted by Gasteiger charge is 2.43. The predicted octanol–water partition coefficient (Wildman–Crippen LogP) is 2.78. The molecule has 2 aromatic rings. The van der Waals surface area contributed by atoms with Crippen LogP contribution in [-0.4, -0.2) is 30.5 Å². The van der Waals surface area contributed by atoms with Crippen LogP contribution in [-0.2, 0) is 23.2 Å². The number of fused-ring (bicyclic) bond motifs is 2. The summed E-state index contributed by atoms with van der Waals surface area (Å²) in [6.07, 6.45) is 2.00. The summed E-state index contributed by atoms with van der Waals surface area (Å²) in [5, 5.41) is 0.